The van der Waals surface area contributed by atoms with Crippen LogP contribution in [-0.4, -0.2) is 24.9 Å². The monoisotopic (exact) mass is 239 g/mol. The zero-order chi connectivity index (χ0) is 8.48. The average Bonchev–Trinajstić information content (AvgIpc) is 2.12. The van der Waals surface area contributed by atoms with E-state index in [1.54, 1.807) is 0 Å². The molecule has 0 aromatic carbocycles. The van der Waals surface area contributed by atoms with Crippen LogP contribution in [0.1, 0.15) is 0 Å². The van der Waals surface area contributed by atoms with Gasteiger partial charge in [-0.25, -0.2) is 8.42 Å². The zero-order valence-electron chi connectivity index (χ0n) is 5.63. The van der Waals surface area contributed by atoms with E-state index in [-0.39, 0.29) is 0 Å². The van der Waals surface area contributed by atoms with E-state index >= 15 is 0 Å². The maximum absolute atomic E-state index is 10.7. The van der Waals surface area contributed by atoms with Gasteiger partial charge in [0.05, 0.1) is 16.9 Å². The van der Waals surface area contributed by atoms with Crippen LogP contribution in [0.4, 0.5) is 5.82 Å². The summed E-state index contributed by atoms with van der Waals surface area (Å²) in [7, 11) is -3.22. The molecule has 0 aliphatic carbocycles. The molecule has 1 rings (SSSR count). The van der Waals surface area contributed by atoms with Crippen LogP contribution in [0, 0.1) is 0 Å². The van der Waals surface area contributed by atoms with Crippen LogP contribution in [-0.2, 0) is 10.0 Å². The summed E-state index contributed by atoms with van der Waals surface area (Å²) in [5, 5.41) is 6.08. The van der Waals surface area contributed by atoms with Gasteiger partial charge in [0.15, 0.2) is 0 Å². The van der Waals surface area contributed by atoms with Crippen molar-refractivity contribution >= 4 is 31.8 Å². The standard InChI is InChI=1S/C4H6BrN3O2S/c1-11(9,10)8-4-3(5)2-6-7-4/h2H,1H3,(H2,6,7,8). The van der Waals surface area contributed by atoms with Crippen LogP contribution in [0.15, 0.2) is 10.7 Å². The predicted molar refractivity (Wildman–Crippen MR) is 44.8 cm³/mol. The van der Waals surface area contributed by atoms with Crippen molar-refractivity contribution in [2.45, 2.75) is 0 Å². The summed E-state index contributed by atoms with van der Waals surface area (Å²) in [6.45, 7) is 0. The molecule has 0 spiro atoms. The van der Waals surface area contributed by atoms with Gasteiger partial charge in [-0.2, -0.15) is 5.10 Å². The molecule has 0 bridgehead atoms. The predicted octanol–water partition coefficient (Wildman–Crippen LogP) is 0.544. The van der Waals surface area contributed by atoms with Gasteiger partial charge in [0.25, 0.3) is 0 Å². The second kappa shape index (κ2) is 2.82. The van der Waals surface area contributed by atoms with Crippen molar-refractivity contribution in [2.24, 2.45) is 0 Å². The Morgan fingerprint density at radius 1 is 1.73 bits per heavy atom. The van der Waals surface area contributed by atoms with E-state index in [0.29, 0.717) is 10.3 Å². The molecule has 0 amide bonds. The van der Waals surface area contributed by atoms with Gasteiger partial charge in [0.2, 0.25) is 10.0 Å². The van der Waals surface area contributed by atoms with Crippen molar-refractivity contribution in [3.05, 3.63) is 10.7 Å². The van der Waals surface area contributed by atoms with Crippen LogP contribution in [0.3, 0.4) is 0 Å². The molecule has 1 aromatic heterocycles. The third-order valence-corrected chi connectivity index (χ3v) is 2.06. The third-order valence-electron chi connectivity index (χ3n) is 0.881. The van der Waals surface area contributed by atoms with E-state index in [1.165, 1.54) is 6.20 Å². The molecule has 0 fully saturated rings. The maximum Gasteiger partial charge on any atom is 0.230 e. The first-order valence-corrected chi connectivity index (χ1v) is 5.34. The summed E-state index contributed by atoms with van der Waals surface area (Å²) < 4.78 is 24.2. The molecule has 0 aliphatic heterocycles. The summed E-state index contributed by atoms with van der Waals surface area (Å²) in [5.41, 5.74) is 0. The highest BCUT2D eigenvalue weighted by Gasteiger charge is 2.06. The minimum absolute atomic E-state index is 0.340. The largest absolute Gasteiger partial charge is 0.267 e. The molecule has 0 atom stereocenters. The fourth-order valence-corrected chi connectivity index (χ4v) is 1.48. The lowest BCUT2D eigenvalue weighted by molar-refractivity contribution is 0.606. The van der Waals surface area contributed by atoms with E-state index in [9.17, 15) is 8.42 Å². The van der Waals surface area contributed by atoms with Gasteiger partial charge in [-0.15, -0.1) is 0 Å². The summed E-state index contributed by atoms with van der Waals surface area (Å²) in [6, 6.07) is 0. The number of rotatable bonds is 2. The van der Waals surface area contributed by atoms with Crippen LogP contribution in [0.5, 0.6) is 0 Å². The van der Waals surface area contributed by atoms with Crippen molar-refractivity contribution in [2.75, 3.05) is 11.0 Å². The van der Waals surface area contributed by atoms with Gasteiger partial charge < -0.3 is 0 Å². The Labute approximate surface area is 72.4 Å². The number of nitrogens with one attached hydrogen (secondary N) is 2. The quantitative estimate of drug-likeness (QED) is 0.792. The van der Waals surface area contributed by atoms with E-state index in [1.807, 2.05) is 0 Å². The fourth-order valence-electron chi connectivity index (χ4n) is 0.528. The molecule has 0 unspecified atom stereocenters. The lowest BCUT2D eigenvalue weighted by Crippen LogP contribution is -2.10. The molecule has 1 aromatic rings. The molecule has 0 saturated carbocycles. The van der Waals surface area contributed by atoms with Gasteiger partial charge in [-0.1, -0.05) is 0 Å². The van der Waals surface area contributed by atoms with Gasteiger partial charge in [0.1, 0.15) is 5.82 Å². The van der Waals surface area contributed by atoms with E-state index in [4.69, 9.17) is 0 Å². The molecular formula is C4H6BrN3O2S. The van der Waals surface area contributed by atoms with Crippen LogP contribution >= 0.6 is 15.9 Å². The number of sulfonamides is 1. The number of hydrogen-bond acceptors (Lipinski definition) is 3. The Kier molecular flexibility index (Phi) is 2.19. The Morgan fingerprint density at radius 2 is 2.36 bits per heavy atom. The summed E-state index contributed by atoms with van der Waals surface area (Å²) in [5.74, 6) is 0.340. The Morgan fingerprint density at radius 3 is 2.73 bits per heavy atom. The van der Waals surface area contributed by atoms with Crippen molar-refractivity contribution in [3.63, 3.8) is 0 Å². The van der Waals surface area contributed by atoms with Crippen molar-refractivity contribution < 1.29 is 8.42 Å². The fraction of sp³-hybridized carbons (Fsp3) is 0.250. The Hall–Kier alpha value is -0.560. The summed E-state index contributed by atoms with van der Waals surface area (Å²) >= 11 is 3.10. The first-order valence-electron chi connectivity index (χ1n) is 2.66. The number of aromatic nitrogens is 2. The van der Waals surface area contributed by atoms with Crippen molar-refractivity contribution in [1.82, 2.24) is 10.2 Å². The molecule has 7 heteroatoms. The third kappa shape index (κ3) is 2.51. The normalized spacial score (nSPS) is 11.5. The van der Waals surface area contributed by atoms with Gasteiger partial charge >= 0.3 is 0 Å². The van der Waals surface area contributed by atoms with Crippen molar-refractivity contribution in [1.29, 1.82) is 0 Å². The number of nitrogens with zero attached hydrogens (tertiary/aromatic N) is 1. The average molecular weight is 240 g/mol. The molecule has 2 N–H and O–H groups in total. The van der Waals surface area contributed by atoms with Crippen molar-refractivity contribution in [3.8, 4) is 0 Å². The summed E-state index contributed by atoms with van der Waals surface area (Å²) in [4.78, 5) is 0. The highest BCUT2D eigenvalue weighted by Crippen LogP contribution is 2.18. The number of aromatic amines is 1. The smallest absolute Gasteiger partial charge is 0.230 e. The second-order valence-corrected chi connectivity index (χ2v) is 4.57. The molecule has 0 radical (unpaired) electrons. The van der Waals surface area contributed by atoms with Gasteiger partial charge in [0, 0.05) is 0 Å². The molecule has 0 saturated heterocycles. The number of H-pyrrole nitrogens is 1. The minimum atomic E-state index is -3.22. The summed E-state index contributed by atoms with van der Waals surface area (Å²) in [6.07, 6.45) is 2.54. The van der Waals surface area contributed by atoms with Crippen LogP contribution < -0.4 is 4.72 Å². The molecule has 0 aliphatic rings. The molecular weight excluding hydrogens is 234 g/mol. The lowest BCUT2D eigenvalue weighted by atomic mass is 10.7. The van der Waals surface area contributed by atoms with E-state index in [2.05, 4.69) is 30.8 Å². The Bertz CT molecular complexity index is 344. The molecule has 11 heavy (non-hydrogen) atoms. The first-order chi connectivity index (χ1) is 4.99. The number of anilines is 1. The number of halogens is 1. The van der Waals surface area contributed by atoms with Gasteiger partial charge in [-0.3, -0.25) is 9.82 Å². The first kappa shape index (κ1) is 8.54. The Balaban J connectivity index is 2.89. The minimum Gasteiger partial charge on any atom is -0.267 e. The van der Waals surface area contributed by atoms with Gasteiger partial charge in [-0.05, 0) is 15.9 Å². The highest BCUT2D eigenvalue weighted by molar-refractivity contribution is 9.10. The SMILES string of the molecule is CS(=O)(=O)Nc1[nH]ncc1Br. The van der Waals surface area contributed by atoms with E-state index in [0.717, 1.165) is 6.26 Å². The number of hydrogen-bond donors (Lipinski definition) is 2. The molecule has 1 heterocycles. The maximum atomic E-state index is 10.7. The van der Waals surface area contributed by atoms with E-state index < -0.39 is 10.0 Å². The molecule has 62 valence electrons. The van der Waals surface area contributed by atoms with Crippen LogP contribution in [0.25, 0.3) is 0 Å². The lowest BCUT2D eigenvalue weighted by Gasteiger charge is -1.98. The highest BCUT2D eigenvalue weighted by atomic mass is 79.9. The topological polar surface area (TPSA) is 74.8 Å². The molecule has 5 nitrogen and oxygen atoms in total. The second-order valence-electron chi connectivity index (χ2n) is 1.97. The van der Waals surface area contributed by atoms with Crippen LogP contribution in [0.2, 0.25) is 0 Å². The zero-order valence-corrected chi connectivity index (χ0v) is 8.03.